The molecule has 0 atom stereocenters. The molecule has 3 heterocycles. The third kappa shape index (κ3) is 3.26. The molecule has 5 rings (SSSR count). The van der Waals surface area contributed by atoms with Crippen molar-refractivity contribution in [2.75, 3.05) is 18.1 Å². The fraction of sp³-hybridized carbons (Fsp3) is 0.0909. The van der Waals surface area contributed by atoms with E-state index in [1.54, 1.807) is 23.2 Å². The Morgan fingerprint density at radius 2 is 1.90 bits per heavy atom. The second kappa shape index (κ2) is 7.45. The number of phenolic OH excluding ortho intramolecular Hbond substituents is 1. The van der Waals surface area contributed by atoms with Crippen LogP contribution in [0.5, 0.6) is 11.6 Å². The van der Waals surface area contributed by atoms with Gasteiger partial charge in [0.1, 0.15) is 18.0 Å². The lowest BCUT2D eigenvalue weighted by Gasteiger charge is -2.29. The van der Waals surface area contributed by atoms with Gasteiger partial charge in [0.25, 0.3) is 5.91 Å². The molecule has 8 heteroatoms. The number of carbonyl (C=O) groups is 1. The Balaban J connectivity index is 1.56. The molecule has 30 heavy (non-hydrogen) atoms. The fourth-order valence-electron chi connectivity index (χ4n) is 3.55. The zero-order chi connectivity index (χ0) is 20.8. The van der Waals surface area contributed by atoms with Crippen LogP contribution in [0.4, 0.5) is 5.69 Å². The minimum absolute atomic E-state index is 0.0537. The van der Waals surface area contributed by atoms with Gasteiger partial charge < -0.3 is 19.7 Å². The maximum absolute atomic E-state index is 13.3. The lowest BCUT2D eigenvalue weighted by Crippen LogP contribution is -2.38. The lowest BCUT2D eigenvalue weighted by atomic mass is 10.0. The first kappa shape index (κ1) is 19.1. The van der Waals surface area contributed by atoms with Crippen LogP contribution in [0, 0.1) is 0 Å². The van der Waals surface area contributed by atoms with Crippen LogP contribution >= 0.6 is 31.9 Å². The number of pyridine rings is 1. The Labute approximate surface area is 188 Å². The zero-order valence-corrected chi connectivity index (χ0v) is 18.7. The van der Waals surface area contributed by atoms with Gasteiger partial charge in [-0.05, 0) is 79.2 Å². The summed E-state index contributed by atoms with van der Waals surface area (Å²) in [5, 5.41) is 11.1. The number of rotatable bonds is 2. The lowest BCUT2D eigenvalue weighted by molar-refractivity contribution is 0.0975. The van der Waals surface area contributed by atoms with Crippen LogP contribution in [0.15, 0.2) is 63.8 Å². The molecule has 2 aromatic heterocycles. The summed E-state index contributed by atoms with van der Waals surface area (Å²) >= 11 is 6.58. The highest BCUT2D eigenvalue weighted by molar-refractivity contribution is 9.11. The van der Waals surface area contributed by atoms with Crippen LogP contribution in [0.1, 0.15) is 10.4 Å². The quantitative estimate of drug-likeness (QED) is 0.360. The van der Waals surface area contributed by atoms with Crippen molar-refractivity contribution in [1.29, 1.82) is 0 Å². The third-order valence-corrected chi connectivity index (χ3v) is 6.28. The Hall–Kier alpha value is -2.84. The van der Waals surface area contributed by atoms with E-state index in [2.05, 4.69) is 47.9 Å². The molecule has 0 saturated heterocycles. The number of hydrogen-bond donors (Lipinski definition) is 2. The second-order valence-electron chi connectivity index (χ2n) is 6.92. The molecule has 0 bridgehead atoms. The Morgan fingerprint density at radius 1 is 1.10 bits per heavy atom. The van der Waals surface area contributed by atoms with E-state index in [4.69, 9.17) is 4.74 Å². The minimum atomic E-state index is -0.194. The highest BCUT2D eigenvalue weighted by Crippen LogP contribution is 2.37. The second-order valence-corrected chi connectivity index (χ2v) is 8.63. The highest BCUT2D eigenvalue weighted by atomic mass is 79.9. The summed E-state index contributed by atoms with van der Waals surface area (Å²) in [4.78, 5) is 22.6. The first-order valence-electron chi connectivity index (χ1n) is 9.21. The Bertz CT molecular complexity index is 1280. The van der Waals surface area contributed by atoms with Gasteiger partial charge in [-0.1, -0.05) is 6.07 Å². The molecule has 0 radical (unpaired) electrons. The van der Waals surface area contributed by atoms with Gasteiger partial charge in [0.15, 0.2) is 0 Å². The van der Waals surface area contributed by atoms with E-state index < -0.39 is 0 Å². The largest absolute Gasteiger partial charge is 0.506 e. The molecule has 4 aromatic rings. The minimum Gasteiger partial charge on any atom is -0.506 e. The van der Waals surface area contributed by atoms with Crippen LogP contribution in [-0.4, -0.2) is 34.1 Å². The van der Waals surface area contributed by atoms with Gasteiger partial charge in [-0.3, -0.25) is 4.79 Å². The van der Waals surface area contributed by atoms with Gasteiger partial charge in [-0.2, -0.15) is 0 Å². The number of halogens is 2. The van der Waals surface area contributed by atoms with Gasteiger partial charge in [0.05, 0.1) is 15.5 Å². The molecule has 0 spiro atoms. The zero-order valence-electron chi connectivity index (χ0n) is 15.5. The number of nitrogens with one attached hydrogen (secondary N) is 1. The summed E-state index contributed by atoms with van der Waals surface area (Å²) < 4.78 is 6.58. The molecule has 0 aliphatic carbocycles. The SMILES string of the molecule is O=C(c1cc(Br)c(O)c(Br)c1)N1CCOc2ncc(-c3ccc4[nH]ccc4c3)cc21. The number of nitrogens with zero attached hydrogens (tertiary/aromatic N) is 2. The van der Waals surface area contributed by atoms with E-state index in [0.717, 1.165) is 22.0 Å². The monoisotopic (exact) mass is 527 g/mol. The first-order valence-corrected chi connectivity index (χ1v) is 10.8. The van der Waals surface area contributed by atoms with E-state index in [-0.39, 0.29) is 11.7 Å². The predicted octanol–water partition coefficient (Wildman–Crippen LogP) is 5.50. The molecular weight excluding hydrogens is 514 g/mol. The summed E-state index contributed by atoms with van der Waals surface area (Å²) in [6.45, 7) is 0.769. The first-order chi connectivity index (χ1) is 14.5. The van der Waals surface area contributed by atoms with E-state index in [1.807, 2.05) is 30.5 Å². The molecule has 2 aromatic carbocycles. The standard InChI is InChI=1S/C22H15Br2N3O3/c23-16-8-14(9-17(24)20(16)28)22(29)27-5-6-30-21-19(27)10-15(11-26-21)12-1-2-18-13(7-12)3-4-25-18/h1-4,7-11,25,28H,5-6H2. The maximum atomic E-state index is 13.3. The number of aromatic nitrogens is 2. The Morgan fingerprint density at radius 3 is 2.70 bits per heavy atom. The number of ether oxygens (including phenoxy) is 1. The Kier molecular flexibility index (Phi) is 4.75. The van der Waals surface area contributed by atoms with Crippen molar-refractivity contribution < 1.29 is 14.6 Å². The number of aromatic hydroxyl groups is 1. The van der Waals surface area contributed by atoms with Crippen molar-refractivity contribution >= 4 is 54.4 Å². The van der Waals surface area contributed by atoms with Crippen molar-refractivity contribution in [2.24, 2.45) is 0 Å². The molecular formula is C22H15Br2N3O3. The molecule has 2 N–H and O–H groups in total. The number of aromatic amines is 1. The van der Waals surface area contributed by atoms with Gasteiger partial charge >= 0.3 is 0 Å². The summed E-state index contributed by atoms with van der Waals surface area (Å²) in [6, 6.07) is 13.3. The summed E-state index contributed by atoms with van der Waals surface area (Å²) in [5.41, 5.74) is 4.03. The number of hydrogen-bond acceptors (Lipinski definition) is 4. The molecule has 150 valence electrons. The average Bonchev–Trinajstić information content (AvgIpc) is 3.23. The fourth-order valence-corrected chi connectivity index (χ4v) is 4.73. The molecule has 0 saturated carbocycles. The van der Waals surface area contributed by atoms with Crippen LogP contribution in [0.25, 0.3) is 22.0 Å². The molecule has 1 aliphatic heterocycles. The molecule has 1 amide bonds. The van der Waals surface area contributed by atoms with E-state index in [9.17, 15) is 9.90 Å². The van der Waals surface area contributed by atoms with Crippen LogP contribution in [-0.2, 0) is 0 Å². The van der Waals surface area contributed by atoms with Crippen LogP contribution in [0.3, 0.4) is 0 Å². The van der Waals surface area contributed by atoms with E-state index in [0.29, 0.717) is 39.2 Å². The van der Waals surface area contributed by atoms with Gasteiger partial charge in [0, 0.05) is 29.0 Å². The number of H-pyrrole nitrogens is 1. The number of anilines is 1. The van der Waals surface area contributed by atoms with Gasteiger partial charge in [0.2, 0.25) is 5.88 Å². The van der Waals surface area contributed by atoms with Crippen molar-refractivity contribution in [1.82, 2.24) is 9.97 Å². The topological polar surface area (TPSA) is 78.4 Å². The number of fused-ring (bicyclic) bond motifs is 2. The van der Waals surface area contributed by atoms with Gasteiger partial charge in [-0.25, -0.2) is 4.98 Å². The van der Waals surface area contributed by atoms with E-state index in [1.165, 1.54) is 0 Å². The summed E-state index contributed by atoms with van der Waals surface area (Å²) in [6.07, 6.45) is 3.66. The summed E-state index contributed by atoms with van der Waals surface area (Å²) in [5.74, 6) is 0.289. The summed E-state index contributed by atoms with van der Waals surface area (Å²) in [7, 11) is 0. The van der Waals surface area contributed by atoms with Crippen molar-refractivity contribution in [3.63, 3.8) is 0 Å². The average molecular weight is 529 g/mol. The maximum Gasteiger partial charge on any atom is 0.258 e. The normalized spacial score (nSPS) is 13.2. The smallest absolute Gasteiger partial charge is 0.258 e. The van der Waals surface area contributed by atoms with Crippen molar-refractivity contribution in [3.8, 4) is 22.8 Å². The molecule has 6 nitrogen and oxygen atoms in total. The third-order valence-electron chi connectivity index (χ3n) is 5.07. The molecule has 1 aliphatic rings. The van der Waals surface area contributed by atoms with Crippen LogP contribution < -0.4 is 9.64 Å². The van der Waals surface area contributed by atoms with Crippen molar-refractivity contribution in [3.05, 3.63) is 69.4 Å². The van der Waals surface area contributed by atoms with Crippen molar-refractivity contribution in [2.45, 2.75) is 0 Å². The molecule has 0 unspecified atom stereocenters. The highest BCUT2D eigenvalue weighted by Gasteiger charge is 2.27. The number of carbonyl (C=O) groups excluding carboxylic acids is 1. The molecule has 0 fully saturated rings. The van der Waals surface area contributed by atoms with Gasteiger partial charge in [-0.15, -0.1) is 0 Å². The number of benzene rings is 2. The predicted molar refractivity (Wildman–Crippen MR) is 122 cm³/mol. The van der Waals surface area contributed by atoms with E-state index >= 15 is 0 Å². The number of phenols is 1. The van der Waals surface area contributed by atoms with Crippen LogP contribution in [0.2, 0.25) is 0 Å². The number of amides is 1.